The molecule has 0 saturated carbocycles. The zero-order valence-electron chi connectivity index (χ0n) is 25.0. The van der Waals surface area contributed by atoms with E-state index in [-0.39, 0.29) is 37.7 Å². The number of carbonyl (C=O) groups is 2. The Morgan fingerprint density at radius 2 is 1.62 bits per heavy atom. The lowest BCUT2D eigenvalue weighted by molar-refractivity contribution is -0.141. The molecule has 42 heavy (non-hydrogen) atoms. The number of amides is 2. The van der Waals surface area contributed by atoms with Crippen molar-refractivity contribution in [2.75, 3.05) is 23.7 Å². The Labute approximate surface area is 255 Å². The van der Waals surface area contributed by atoms with Gasteiger partial charge in [0.25, 0.3) is 0 Å². The summed E-state index contributed by atoms with van der Waals surface area (Å²) in [7, 11) is -3.58. The van der Waals surface area contributed by atoms with E-state index in [1.165, 1.54) is 10.6 Å². The summed E-state index contributed by atoms with van der Waals surface area (Å²) in [5.74, 6) is -0.462. The molecule has 1 N–H and O–H groups in total. The minimum absolute atomic E-state index is 0.0643. The van der Waals surface area contributed by atoms with Gasteiger partial charge >= 0.3 is 0 Å². The van der Waals surface area contributed by atoms with Crippen LogP contribution in [0.3, 0.4) is 0 Å². The Kier molecular flexibility index (Phi) is 12.4. The van der Waals surface area contributed by atoms with Crippen LogP contribution in [0.4, 0.5) is 5.69 Å². The van der Waals surface area contributed by atoms with Crippen LogP contribution in [0.5, 0.6) is 0 Å². The van der Waals surface area contributed by atoms with Crippen LogP contribution in [-0.4, -0.2) is 50.5 Å². The maximum atomic E-state index is 13.9. The fourth-order valence-electron chi connectivity index (χ4n) is 4.75. The number of nitrogens with one attached hydrogen (secondary N) is 1. The van der Waals surface area contributed by atoms with E-state index in [1.54, 1.807) is 17.0 Å². The van der Waals surface area contributed by atoms with Crippen LogP contribution in [0.25, 0.3) is 0 Å². The second kappa shape index (κ2) is 15.8. The third-order valence-corrected chi connectivity index (χ3v) is 8.89. The fraction of sp³-hybridized carbons (Fsp3) is 0.394. The van der Waals surface area contributed by atoms with Crippen molar-refractivity contribution >= 4 is 39.1 Å². The summed E-state index contributed by atoms with van der Waals surface area (Å²) in [6.45, 7) is 6.78. The van der Waals surface area contributed by atoms with Crippen LogP contribution in [0.15, 0.2) is 72.8 Å². The number of hydrogen-bond donors (Lipinski definition) is 1. The van der Waals surface area contributed by atoms with Crippen LogP contribution in [0.1, 0.15) is 54.9 Å². The second-order valence-corrected chi connectivity index (χ2v) is 13.0. The van der Waals surface area contributed by atoms with Crippen molar-refractivity contribution in [2.24, 2.45) is 0 Å². The second-order valence-electron chi connectivity index (χ2n) is 10.7. The van der Waals surface area contributed by atoms with Gasteiger partial charge in [-0.1, -0.05) is 79.5 Å². The highest BCUT2D eigenvalue weighted by Crippen LogP contribution is 2.24. The summed E-state index contributed by atoms with van der Waals surface area (Å²) in [4.78, 5) is 29.1. The normalized spacial score (nSPS) is 12.0. The van der Waals surface area contributed by atoms with Crippen LogP contribution >= 0.6 is 11.6 Å². The predicted octanol–water partition coefficient (Wildman–Crippen LogP) is 6.06. The fourth-order valence-corrected chi connectivity index (χ4v) is 5.91. The molecule has 226 valence electrons. The van der Waals surface area contributed by atoms with Crippen LogP contribution < -0.4 is 9.62 Å². The number of rotatable bonds is 15. The van der Waals surface area contributed by atoms with Crippen molar-refractivity contribution in [1.82, 2.24) is 10.2 Å². The molecule has 0 aliphatic heterocycles. The predicted molar refractivity (Wildman–Crippen MR) is 171 cm³/mol. The maximum absolute atomic E-state index is 13.9. The smallest absolute Gasteiger partial charge is 0.243 e. The van der Waals surface area contributed by atoms with E-state index in [0.29, 0.717) is 23.7 Å². The van der Waals surface area contributed by atoms with E-state index < -0.39 is 16.1 Å². The van der Waals surface area contributed by atoms with E-state index in [9.17, 15) is 18.0 Å². The lowest BCUT2D eigenvalue weighted by Crippen LogP contribution is -2.50. The van der Waals surface area contributed by atoms with Gasteiger partial charge in [-0.05, 0) is 67.1 Å². The van der Waals surface area contributed by atoms with Gasteiger partial charge in [0.1, 0.15) is 6.04 Å². The van der Waals surface area contributed by atoms with E-state index in [4.69, 9.17) is 11.6 Å². The highest BCUT2D eigenvalue weighted by molar-refractivity contribution is 7.92. The topological polar surface area (TPSA) is 86.8 Å². The number of benzene rings is 3. The van der Waals surface area contributed by atoms with Gasteiger partial charge in [0.2, 0.25) is 21.8 Å². The summed E-state index contributed by atoms with van der Waals surface area (Å²) in [6, 6.07) is 21.7. The number of aryl methyl sites for hydroxylation is 2. The van der Waals surface area contributed by atoms with Crippen LogP contribution in [0.2, 0.25) is 5.02 Å². The van der Waals surface area contributed by atoms with Gasteiger partial charge in [0.15, 0.2) is 0 Å². The van der Waals surface area contributed by atoms with Gasteiger partial charge in [0, 0.05) is 37.5 Å². The molecular weight excluding hydrogens is 570 g/mol. The first-order valence-electron chi connectivity index (χ1n) is 14.4. The molecule has 3 rings (SSSR count). The molecule has 9 heteroatoms. The summed E-state index contributed by atoms with van der Waals surface area (Å²) in [6.07, 6.45) is 3.63. The number of unbranched alkanes of at least 4 members (excludes halogenated alkanes) is 1. The molecule has 3 aromatic rings. The van der Waals surface area contributed by atoms with Gasteiger partial charge in [-0.2, -0.15) is 0 Å². The standard InChI is InChI=1S/C33H42ClN3O4S/c1-5-6-20-35-33(39)31(23-27-13-8-7-9-14-27)36(24-28-15-10-11-16-30(28)34)32(38)17-12-21-37(42(4,40)41)29-19-18-25(2)26(3)22-29/h7-11,13-16,18-19,22,31H,5-6,12,17,20-21,23-24H2,1-4H3,(H,35,39)/t31-/m0/s1. The molecule has 3 aromatic carbocycles. The molecule has 0 unspecified atom stereocenters. The van der Waals surface area contributed by atoms with E-state index >= 15 is 0 Å². The van der Waals surface area contributed by atoms with Gasteiger partial charge in [0.05, 0.1) is 11.9 Å². The molecular formula is C33H42ClN3O4S. The largest absolute Gasteiger partial charge is 0.354 e. The van der Waals surface area contributed by atoms with Crippen molar-refractivity contribution in [1.29, 1.82) is 0 Å². The van der Waals surface area contributed by atoms with Crippen molar-refractivity contribution in [3.63, 3.8) is 0 Å². The molecule has 0 bridgehead atoms. The minimum Gasteiger partial charge on any atom is -0.354 e. The van der Waals surface area contributed by atoms with Crippen molar-refractivity contribution < 1.29 is 18.0 Å². The van der Waals surface area contributed by atoms with E-state index in [0.717, 1.165) is 35.1 Å². The molecule has 0 spiro atoms. The summed E-state index contributed by atoms with van der Waals surface area (Å²) < 4.78 is 26.7. The van der Waals surface area contributed by atoms with Crippen LogP contribution in [0, 0.1) is 13.8 Å². The average molecular weight is 612 g/mol. The van der Waals surface area contributed by atoms with Crippen molar-refractivity contribution in [2.45, 2.75) is 65.5 Å². The molecule has 0 saturated heterocycles. The number of hydrogen-bond acceptors (Lipinski definition) is 4. The molecule has 0 aliphatic carbocycles. The van der Waals surface area contributed by atoms with Crippen molar-refractivity contribution in [3.05, 3.63) is 100 Å². The molecule has 0 heterocycles. The number of carbonyl (C=O) groups excluding carboxylic acids is 2. The molecule has 0 radical (unpaired) electrons. The third-order valence-electron chi connectivity index (χ3n) is 7.33. The molecule has 0 aliphatic rings. The zero-order chi connectivity index (χ0) is 30.7. The SMILES string of the molecule is CCCCNC(=O)[C@H](Cc1ccccc1)N(Cc1ccccc1Cl)C(=O)CCCN(c1ccc(C)c(C)c1)S(C)(=O)=O. The monoisotopic (exact) mass is 611 g/mol. The minimum atomic E-state index is -3.58. The first-order chi connectivity index (χ1) is 20.0. The summed E-state index contributed by atoms with van der Waals surface area (Å²) in [5, 5.41) is 3.52. The Balaban J connectivity index is 1.88. The Hall–Kier alpha value is -3.36. The van der Waals surface area contributed by atoms with Crippen LogP contribution in [-0.2, 0) is 32.6 Å². The zero-order valence-corrected chi connectivity index (χ0v) is 26.5. The van der Waals surface area contributed by atoms with Crippen molar-refractivity contribution in [3.8, 4) is 0 Å². The number of nitrogens with zero attached hydrogens (tertiary/aromatic N) is 2. The Bertz CT molecular complexity index is 1450. The quantitative estimate of drug-likeness (QED) is 0.212. The summed E-state index contributed by atoms with van der Waals surface area (Å²) >= 11 is 6.50. The first-order valence-corrected chi connectivity index (χ1v) is 16.6. The molecule has 2 amide bonds. The lowest BCUT2D eigenvalue weighted by Gasteiger charge is -2.32. The molecule has 7 nitrogen and oxygen atoms in total. The highest BCUT2D eigenvalue weighted by atomic mass is 35.5. The van der Waals surface area contributed by atoms with Gasteiger partial charge in [-0.3, -0.25) is 13.9 Å². The molecule has 0 aromatic heterocycles. The third kappa shape index (κ3) is 9.60. The van der Waals surface area contributed by atoms with Gasteiger partial charge in [-0.25, -0.2) is 8.42 Å². The van der Waals surface area contributed by atoms with E-state index in [2.05, 4.69) is 12.2 Å². The first kappa shape index (κ1) is 33.1. The number of sulfonamides is 1. The van der Waals surface area contributed by atoms with E-state index in [1.807, 2.05) is 74.5 Å². The number of anilines is 1. The molecule has 1 atom stereocenters. The Morgan fingerprint density at radius 3 is 2.26 bits per heavy atom. The lowest BCUT2D eigenvalue weighted by atomic mass is 10.0. The highest BCUT2D eigenvalue weighted by Gasteiger charge is 2.31. The Morgan fingerprint density at radius 1 is 0.929 bits per heavy atom. The molecule has 0 fully saturated rings. The van der Waals surface area contributed by atoms with Gasteiger partial charge in [-0.15, -0.1) is 0 Å². The van der Waals surface area contributed by atoms with Gasteiger partial charge < -0.3 is 10.2 Å². The maximum Gasteiger partial charge on any atom is 0.243 e. The number of halogens is 1. The summed E-state index contributed by atoms with van der Waals surface area (Å²) in [5.41, 5.74) is 4.29. The average Bonchev–Trinajstić information content (AvgIpc) is 2.95.